The lowest BCUT2D eigenvalue weighted by atomic mass is 9.93. The summed E-state index contributed by atoms with van der Waals surface area (Å²) in [4.78, 5) is 28.0. The molecule has 51 heavy (non-hydrogen) atoms. The van der Waals surface area contributed by atoms with Gasteiger partial charge in [-0.05, 0) is 87.2 Å². The number of nitrogens with one attached hydrogen (secondary N) is 2. The molecule has 6 rings (SSSR count). The summed E-state index contributed by atoms with van der Waals surface area (Å²) < 4.78 is 46.9. The van der Waals surface area contributed by atoms with Crippen LogP contribution < -0.4 is 19.5 Å². The molecule has 0 aromatic heterocycles. The molecular weight excluding hydrogens is 671 g/mol. The SMILES string of the molecule is COc1ccc(S(=O)(=O)Nc2cc(-c3c(O)ccc4ccccc34)c(OC(=O)NCC[C@H]3CCCN3C(=O)OC(C)(C)C)c3ccccc23)cc1. The molecule has 1 saturated heterocycles. The number of hydrogen-bond donors (Lipinski definition) is 3. The van der Waals surface area contributed by atoms with Gasteiger partial charge in [0.15, 0.2) is 0 Å². The average Bonchev–Trinajstić information content (AvgIpc) is 3.57. The van der Waals surface area contributed by atoms with E-state index in [1.54, 1.807) is 59.5 Å². The number of aromatic hydroxyl groups is 1. The number of rotatable bonds is 9. The monoisotopic (exact) mass is 711 g/mol. The van der Waals surface area contributed by atoms with Crippen LogP contribution in [0.3, 0.4) is 0 Å². The molecule has 0 bridgehead atoms. The van der Waals surface area contributed by atoms with E-state index in [1.165, 1.54) is 19.2 Å². The second kappa shape index (κ2) is 14.4. The van der Waals surface area contributed by atoms with Crippen molar-refractivity contribution >= 4 is 49.4 Å². The van der Waals surface area contributed by atoms with Gasteiger partial charge in [-0.2, -0.15) is 0 Å². The highest BCUT2D eigenvalue weighted by Crippen LogP contribution is 2.47. The van der Waals surface area contributed by atoms with Crippen LogP contribution >= 0.6 is 0 Å². The number of benzene rings is 5. The number of likely N-dealkylation sites (tertiary alicyclic amines) is 1. The Morgan fingerprint density at radius 2 is 1.61 bits per heavy atom. The fourth-order valence-electron chi connectivity index (χ4n) is 6.40. The van der Waals surface area contributed by atoms with Crippen molar-refractivity contribution in [2.45, 2.75) is 56.6 Å². The number of anilines is 1. The average molecular weight is 712 g/mol. The molecule has 266 valence electrons. The Morgan fingerprint density at radius 3 is 2.31 bits per heavy atom. The second-order valence-electron chi connectivity index (χ2n) is 13.4. The fraction of sp³-hybridized carbons (Fsp3) is 0.282. The summed E-state index contributed by atoms with van der Waals surface area (Å²) in [6.07, 6.45) is 1.01. The molecule has 1 fully saturated rings. The van der Waals surface area contributed by atoms with Gasteiger partial charge in [0, 0.05) is 41.0 Å². The summed E-state index contributed by atoms with van der Waals surface area (Å²) in [5, 5.41) is 16.5. The van der Waals surface area contributed by atoms with Crippen LogP contribution in [0.15, 0.2) is 95.9 Å². The maximum Gasteiger partial charge on any atom is 0.412 e. The van der Waals surface area contributed by atoms with Gasteiger partial charge < -0.3 is 29.5 Å². The first-order valence-corrected chi connectivity index (χ1v) is 18.2. The lowest BCUT2D eigenvalue weighted by molar-refractivity contribution is 0.0221. The molecule has 0 spiro atoms. The van der Waals surface area contributed by atoms with Gasteiger partial charge in [-0.3, -0.25) is 4.72 Å². The van der Waals surface area contributed by atoms with Gasteiger partial charge in [-0.25, -0.2) is 18.0 Å². The first-order chi connectivity index (χ1) is 24.3. The Morgan fingerprint density at radius 1 is 0.922 bits per heavy atom. The highest BCUT2D eigenvalue weighted by atomic mass is 32.2. The number of phenols is 1. The van der Waals surface area contributed by atoms with E-state index in [2.05, 4.69) is 10.0 Å². The van der Waals surface area contributed by atoms with E-state index in [9.17, 15) is 23.1 Å². The molecular formula is C39H41N3O8S. The van der Waals surface area contributed by atoms with Gasteiger partial charge in [0.05, 0.1) is 17.7 Å². The van der Waals surface area contributed by atoms with Crippen LogP contribution in [0.2, 0.25) is 0 Å². The van der Waals surface area contributed by atoms with Crippen LogP contribution in [0.1, 0.15) is 40.0 Å². The fourth-order valence-corrected chi connectivity index (χ4v) is 7.47. The van der Waals surface area contributed by atoms with E-state index < -0.39 is 21.7 Å². The lowest BCUT2D eigenvalue weighted by Crippen LogP contribution is -2.41. The van der Waals surface area contributed by atoms with Gasteiger partial charge in [0.25, 0.3) is 10.0 Å². The highest BCUT2D eigenvalue weighted by Gasteiger charge is 2.32. The molecule has 5 aromatic rings. The van der Waals surface area contributed by atoms with Crippen LogP contribution in [0.25, 0.3) is 32.7 Å². The van der Waals surface area contributed by atoms with E-state index in [-0.39, 0.29) is 40.8 Å². The predicted molar refractivity (Wildman–Crippen MR) is 197 cm³/mol. The number of ether oxygens (including phenoxy) is 3. The van der Waals surface area contributed by atoms with Gasteiger partial charge in [-0.15, -0.1) is 0 Å². The van der Waals surface area contributed by atoms with Crippen LogP contribution in [0, 0.1) is 0 Å². The van der Waals surface area contributed by atoms with Crippen molar-refractivity contribution in [1.82, 2.24) is 10.2 Å². The van der Waals surface area contributed by atoms with E-state index in [1.807, 2.05) is 45.0 Å². The van der Waals surface area contributed by atoms with Gasteiger partial charge in [0.2, 0.25) is 0 Å². The Labute approximate surface area is 297 Å². The van der Waals surface area contributed by atoms with E-state index >= 15 is 0 Å². The largest absolute Gasteiger partial charge is 0.507 e. The zero-order valence-corrected chi connectivity index (χ0v) is 29.8. The maximum atomic E-state index is 13.7. The number of phenolic OH excluding ortho intramolecular Hbond substituents is 1. The van der Waals surface area contributed by atoms with Gasteiger partial charge in [0.1, 0.15) is 22.8 Å². The second-order valence-corrected chi connectivity index (χ2v) is 15.1. The third-order valence-electron chi connectivity index (χ3n) is 8.73. The van der Waals surface area contributed by atoms with Crippen molar-refractivity contribution in [3.05, 3.63) is 91.0 Å². The number of methoxy groups -OCH3 is 1. The molecule has 1 aliphatic rings. The zero-order valence-electron chi connectivity index (χ0n) is 28.9. The van der Waals surface area contributed by atoms with Crippen molar-refractivity contribution in [3.63, 3.8) is 0 Å². The standard InChI is InChI=1S/C39H41N3O8S/c1-39(2,3)50-38(45)42-23-9-11-26(42)21-22-40-37(44)49-36-31-14-8-7-13-30(31)33(41-51(46,47)28-18-16-27(48-4)17-19-28)24-32(36)35-29-12-6-5-10-25(29)15-20-34(35)43/h5-8,10,12-20,24,26,41,43H,9,11,21-23H2,1-4H3,(H,40,44)/t26-/m1/s1. The van der Waals surface area contributed by atoms with E-state index in [0.717, 1.165) is 18.2 Å². The van der Waals surface area contributed by atoms with Gasteiger partial charge >= 0.3 is 12.2 Å². The minimum absolute atomic E-state index is 0.0224. The Hall–Kier alpha value is -5.49. The van der Waals surface area contributed by atoms with Crippen molar-refractivity contribution in [1.29, 1.82) is 0 Å². The molecule has 2 amide bonds. The van der Waals surface area contributed by atoms with Crippen molar-refractivity contribution in [3.8, 4) is 28.4 Å². The van der Waals surface area contributed by atoms with Crippen LogP contribution in [-0.2, 0) is 14.8 Å². The van der Waals surface area contributed by atoms with Crippen LogP contribution in [0.5, 0.6) is 17.2 Å². The van der Waals surface area contributed by atoms with Crippen molar-refractivity contribution in [2.75, 3.05) is 24.9 Å². The molecule has 5 aromatic carbocycles. The normalized spacial score (nSPS) is 14.7. The third kappa shape index (κ3) is 7.81. The number of hydrogen-bond acceptors (Lipinski definition) is 8. The number of fused-ring (bicyclic) bond motifs is 2. The first kappa shape index (κ1) is 35.3. The Bertz CT molecular complexity index is 2200. The van der Waals surface area contributed by atoms with Crippen molar-refractivity contribution < 1.29 is 37.3 Å². The molecule has 0 radical (unpaired) electrons. The lowest BCUT2D eigenvalue weighted by Gasteiger charge is -2.28. The summed E-state index contributed by atoms with van der Waals surface area (Å²) in [6.45, 7) is 6.29. The first-order valence-electron chi connectivity index (χ1n) is 16.7. The van der Waals surface area contributed by atoms with Crippen LogP contribution in [0.4, 0.5) is 15.3 Å². The molecule has 1 heterocycles. The molecule has 11 nitrogen and oxygen atoms in total. The summed E-state index contributed by atoms with van der Waals surface area (Å²) in [7, 11) is -2.59. The number of carbonyl (C=O) groups is 2. The quantitative estimate of drug-likeness (QED) is 0.139. The summed E-state index contributed by atoms with van der Waals surface area (Å²) in [5.41, 5.74) is 0.277. The molecule has 0 unspecified atom stereocenters. The molecule has 3 N–H and O–H groups in total. The van der Waals surface area contributed by atoms with E-state index in [0.29, 0.717) is 46.0 Å². The molecule has 0 saturated carbocycles. The number of sulfonamides is 1. The molecule has 1 aliphatic heterocycles. The number of nitrogens with zero attached hydrogens (tertiary/aromatic N) is 1. The minimum Gasteiger partial charge on any atom is -0.507 e. The third-order valence-corrected chi connectivity index (χ3v) is 10.1. The number of amides is 2. The van der Waals surface area contributed by atoms with Crippen LogP contribution in [-0.4, -0.2) is 62.5 Å². The maximum absolute atomic E-state index is 13.7. The summed E-state index contributed by atoms with van der Waals surface area (Å²) in [6, 6.07) is 25.2. The number of carbonyl (C=O) groups excluding carboxylic acids is 2. The highest BCUT2D eigenvalue weighted by molar-refractivity contribution is 7.92. The summed E-state index contributed by atoms with van der Waals surface area (Å²) >= 11 is 0. The van der Waals surface area contributed by atoms with Crippen molar-refractivity contribution in [2.24, 2.45) is 0 Å². The Kier molecular flexibility index (Phi) is 9.97. The minimum atomic E-state index is -4.08. The smallest absolute Gasteiger partial charge is 0.412 e. The van der Waals surface area contributed by atoms with E-state index in [4.69, 9.17) is 14.2 Å². The zero-order chi connectivity index (χ0) is 36.3. The van der Waals surface area contributed by atoms with Gasteiger partial charge in [-0.1, -0.05) is 54.6 Å². The topological polar surface area (TPSA) is 144 Å². The Balaban J connectivity index is 1.35. The molecule has 1 atom stereocenters. The predicted octanol–water partition coefficient (Wildman–Crippen LogP) is 8.05. The summed E-state index contributed by atoms with van der Waals surface area (Å²) in [5.74, 6) is 0.566. The molecule has 12 heteroatoms. The molecule has 0 aliphatic carbocycles.